The maximum Gasteiger partial charge on any atom is 0.189 e. The molecule has 0 N–H and O–H groups in total. The molecule has 0 radical (unpaired) electrons. The molecule has 1 nitrogen and oxygen atoms in total. The summed E-state index contributed by atoms with van der Waals surface area (Å²) < 4.78 is 0. The zero-order chi connectivity index (χ0) is 10.3. The minimum absolute atomic E-state index is 0.0918. The lowest BCUT2D eigenvalue weighted by molar-refractivity contribution is 0.0996. The molecule has 0 heterocycles. The van der Waals surface area contributed by atoms with Crippen LogP contribution in [0, 0.1) is 5.41 Å². The quantitative estimate of drug-likeness (QED) is 0.569. The number of allylic oxidation sites excluding steroid dienone is 1. The van der Waals surface area contributed by atoms with Gasteiger partial charge in [-0.3, -0.25) is 4.79 Å². The van der Waals surface area contributed by atoms with Crippen molar-refractivity contribution >= 4 is 5.78 Å². The number of fused-ring (bicyclic) bond motifs is 1. The highest BCUT2D eigenvalue weighted by Gasteiger charge is 2.34. The molecule has 14 heavy (non-hydrogen) atoms. The van der Waals surface area contributed by atoms with Gasteiger partial charge in [-0.1, -0.05) is 44.7 Å². The lowest BCUT2D eigenvalue weighted by atomic mass is 9.71. The van der Waals surface area contributed by atoms with Crippen LogP contribution in [0.2, 0.25) is 0 Å². The van der Waals surface area contributed by atoms with Crippen LogP contribution in [-0.2, 0) is 6.42 Å². The summed E-state index contributed by atoms with van der Waals surface area (Å²) in [5, 5.41) is 0. The monoisotopic (exact) mass is 186 g/mol. The average Bonchev–Trinajstić information content (AvgIpc) is 2.14. The Morgan fingerprint density at radius 1 is 1.29 bits per heavy atom. The van der Waals surface area contributed by atoms with Gasteiger partial charge in [-0.15, -0.1) is 0 Å². The minimum atomic E-state index is -0.0918. The summed E-state index contributed by atoms with van der Waals surface area (Å²) in [6, 6.07) is 7.80. The molecule has 0 saturated carbocycles. The fourth-order valence-electron chi connectivity index (χ4n) is 1.95. The van der Waals surface area contributed by atoms with Gasteiger partial charge in [0.25, 0.3) is 0 Å². The Morgan fingerprint density at radius 2 is 1.93 bits per heavy atom. The molecule has 1 aliphatic carbocycles. The van der Waals surface area contributed by atoms with Crippen LogP contribution in [0.5, 0.6) is 0 Å². The maximum absolute atomic E-state index is 11.9. The molecular weight excluding hydrogens is 172 g/mol. The predicted octanol–water partition coefficient (Wildman–Crippen LogP) is 3.01. The smallest absolute Gasteiger partial charge is 0.189 e. The Morgan fingerprint density at radius 3 is 2.64 bits per heavy atom. The zero-order valence-electron chi connectivity index (χ0n) is 8.63. The van der Waals surface area contributed by atoms with Gasteiger partial charge in [-0.2, -0.15) is 0 Å². The molecular formula is C13H14O. The van der Waals surface area contributed by atoms with Gasteiger partial charge in [0, 0.05) is 5.56 Å². The SMILES string of the molecule is C=C1C(=O)c2ccccc2CC1(C)C. The molecule has 2 rings (SSSR count). The highest BCUT2D eigenvalue weighted by Crippen LogP contribution is 2.37. The number of Topliss-reactive ketones (excluding diaryl/α,β-unsaturated/α-hetero) is 1. The van der Waals surface area contributed by atoms with E-state index in [1.807, 2.05) is 24.3 Å². The van der Waals surface area contributed by atoms with Crippen molar-refractivity contribution in [2.75, 3.05) is 0 Å². The third-order valence-electron chi connectivity index (χ3n) is 2.99. The largest absolute Gasteiger partial charge is 0.289 e. The van der Waals surface area contributed by atoms with Gasteiger partial charge in [0.2, 0.25) is 0 Å². The van der Waals surface area contributed by atoms with Crippen LogP contribution in [0.1, 0.15) is 29.8 Å². The van der Waals surface area contributed by atoms with Crippen LogP contribution in [-0.4, -0.2) is 5.78 Å². The number of benzene rings is 1. The van der Waals surface area contributed by atoms with Crippen molar-refractivity contribution in [3.05, 3.63) is 47.5 Å². The van der Waals surface area contributed by atoms with Crippen molar-refractivity contribution in [1.82, 2.24) is 0 Å². The van der Waals surface area contributed by atoms with E-state index in [2.05, 4.69) is 20.4 Å². The summed E-state index contributed by atoms with van der Waals surface area (Å²) in [6.45, 7) is 8.04. The second-order valence-electron chi connectivity index (χ2n) is 4.53. The van der Waals surface area contributed by atoms with Crippen molar-refractivity contribution < 1.29 is 4.79 Å². The summed E-state index contributed by atoms with van der Waals surface area (Å²) in [4.78, 5) is 11.9. The Hall–Kier alpha value is -1.37. The van der Waals surface area contributed by atoms with E-state index in [9.17, 15) is 4.79 Å². The molecule has 1 aliphatic rings. The van der Waals surface area contributed by atoms with Crippen molar-refractivity contribution in [3.8, 4) is 0 Å². The van der Waals surface area contributed by atoms with Crippen molar-refractivity contribution in [2.45, 2.75) is 20.3 Å². The third-order valence-corrected chi connectivity index (χ3v) is 2.99. The topological polar surface area (TPSA) is 17.1 Å². The molecule has 1 aromatic rings. The second-order valence-corrected chi connectivity index (χ2v) is 4.53. The second kappa shape index (κ2) is 2.81. The van der Waals surface area contributed by atoms with E-state index < -0.39 is 0 Å². The Labute approximate surface area is 84.5 Å². The maximum atomic E-state index is 11.9. The first kappa shape index (κ1) is 9.20. The van der Waals surface area contributed by atoms with E-state index >= 15 is 0 Å². The van der Waals surface area contributed by atoms with Crippen LogP contribution in [0.25, 0.3) is 0 Å². The Balaban J connectivity index is 2.59. The first-order valence-electron chi connectivity index (χ1n) is 4.84. The molecule has 72 valence electrons. The molecule has 0 aromatic heterocycles. The van der Waals surface area contributed by atoms with E-state index in [-0.39, 0.29) is 11.2 Å². The molecule has 0 amide bonds. The van der Waals surface area contributed by atoms with E-state index in [1.54, 1.807) is 0 Å². The van der Waals surface area contributed by atoms with Gasteiger partial charge in [-0.25, -0.2) is 0 Å². The van der Waals surface area contributed by atoms with Crippen molar-refractivity contribution in [3.63, 3.8) is 0 Å². The summed E-state index contributed by atoms with van der Waals surface area (Å²) in [7, 11) is 0. The summed E-state index contributed by atoms with van der Waals surface area (Å²) in [5.74, 6) is 0.108. The summed E-state index contributed by atoms with van der Waals surface area (Å²) in [6.07, 6.45) is 0.910. The number of ketones is 1. The molecule has 0 aliphatic heterocycles. The number of hydrogen-bond acceptors (Lipinski definition) is 1. The first-order valence-corrected chi connectivity index (χ1v) is 4.84. The molecule has 1 heteroatoms. The van der Waals surface area contributed by atoms with Crippen molar-refractivity contribution in [1.29, 1.82) is 0 Å². The summed E-state index contributed by atoms with van der Waals surface area (Å²) >= 11 is 0. The van der Waals surface area contributed by atoms with E-state index in [0.29, 0.717) is 0 Å². The number of hydrogen-bond donors (Lipinski definition) is 0. The van der Waals surface area contributed by atoms with Gasteiger partial charge in [0.1, 0.15) is 0 Å². The molecule has 0 fully saturated rings. The zero-order valence-corrected chi connectivity index (χ0v) is 8.63. The third kappa shape index (κ3) is 1.20. The molecule has 0 unspecified atom stereocenters. The molecule has 0 saturated heterocycles. The van der Waals surface area contributed by atoms with Crippen molar-refractivity contribution in [2.24, 2.45) is 5.41 Å². The van der Waals surface area contributed by atoms with Gasteiger partial charge >= 0.3 is 0 Å². The highest BCUT2D eigenvalue weighted by molar-refractivity contribution is 6.11. The predicted molar refractivity (Wildman–Crippen MR) is 57.4 cm³/mol. The Kier molecular flexibility index (Phi) is 1.84. The molecule has 0 bridgehead atoms. The highest BCUT2D eigenvalue weighted by atomic mass is 16.1. The average molecular weight is 186 g/mol. The van der Waals surface area contributed by atoms with Gasteiger partial charge < -0.3 is 0 Å². The number of carbonyl (C=O) groups excluding carboxylic acids is 1. The number of carbonyl (C=O) groups is 1. The van der Waals surface area contributed by atoms with Gasteiger partial charge in [0.05, 0.1) is 0 Å². The molecule has 1 aromatic carbocycles. The van der Waals surface area contributed by atoms with Gasteiger partial charge in [-0.05, 0) is 23.0 Å². The van der Waals surface area contributed by atoms with Crippen LogP contribution in [0.3, 0.4) is 0 Å². The minimum Gasteiger partial charge on any atom is -0.289 e. The van der Waals surface area contributed by atoms with E-state index in [1.165, 1.54) is 0 Å². The fraction of sp³-hybridized carbons (Fsp3) is 0.308. The summed E-state index contributed by atoms with van der Waals surface area (Å²) in [5.41, 5.74) is 2.62. The van der Waals surface area contributed by atoms with Crippen LogP contribution in [0.4, 0.5) is 0 Å². The molecule has 0 atom stereocenters. The van der Waals surface area contributed by atoms with Crippen LogP contribution >= 0.6 is 0 Å². The molecule has 0 spiro atoms. The Bertz CT molecular complexity index is 413. The standard InChI is InChI=1S/C13H14O/c1-9-12(14)11-7-5-4-6-10(11)8-13(9,2)3/h4-7H,1,8H2,2-3H3. The number of rotatable bonds is 0. The lowest BCUT2D eigenvalue weighted by Crippen LogP contribution is -2.29. The van der Waals surface area contributed by atoms with E-state index in [4.69, 9.17) is 0 Å². The normalized spacial score (nSPS) is 19.3. The van der Waals surface area contributed by atoms with Gasteiger partial charge in [0.15, 0.2) is 5.78 Å². The fourth-order valence-corrected chi connectivity index (χ4v) is 1.95. The van der Waals surface area contributed by atoms with Crippen LogP contribution in [0.15, 0.2) is 36.4 Å². The lowest BCUT2D eigenvalue weighted by Gasteiger charge is -2.32. The van der Waals surface area contributed by atoms with E-state index in [0.717, 1.165) is 23.1 Å². The van der Waals surface area contributed by atoms with Crippen LogP contribution < -0.4 is 0 Å². The first-order chi connectivity index (χ1) is 6.52.